The van der Waals surface area contributed by atoms with E-state index in [4.69, 9.17) is 9.47 Å². The second-order valence-corrected chi connectivity index (χ2v) is 7.76. The summed E-state index contributed by atoms with van der Waals surface area (Å²) in [5.41, 5.74) is 0. The molecule has 0 saturated heterocycles. The smallest absolute Gasteiger partial charge is 0.246 e. The molecule has 0 unspecified atom stereocenters. The average Bonchev–Trinajstić information content (AvgIpc) is 2.64. The van der Waals surface area contributed by atoms with Gasteiger partial charge in [0.15, 0.2) is 0 Å². The maximum absolute atomic E-state index is 12.1. The third-order valence-corrected chi connectivity index (χ3v) is 5.59. The molecule has 1 fully saturated rings. The molecule has 1 saturated carbocycles. The highest BCUT2D eigenvalue weighted by Crippen LogP contribution is 2.20. The van der Waals surface area contributed by atoms with E-state index < -0.39 is 10.0 Å². The van der Waals surface area contributed by atoms with E-state index in [0.29, 0.717) is 5.75 Å². The van der Waals surface area contributed by atoms with Gasteiger partial charge in [0, 0.05) is 13.1 Å². The van der Waals surface area contributed by atoms with Crippen molar-refractivity contribution in [3.8, 4) is 5.75 Å². The van der Waals surface area contributed by atoms with Crippen LogP contribution in [0.3, 0.4) is 0 Å². The van der Waals surface area contributed by atoms with Crippen LogP contribution in [-0.2, 0) is 19.6 Å². The number of sulfonamides is 1. The molecule has 25 heavy (non-hydrogen) atoms. The Hall–Kier alpha value is -1.64. The third kappa shape index (κ3) is 6.64. The third-order valence-electron chi connectivity index (χ3n) is 4.11. The van der Waals surface area contributed by atoms with Crippen molar-refractivity contribution in [2.24, 2.45) is 0 Å². The fraction of sp³-hybridized carbons (Fsp3) is 0.588. The molecule has 1 amide bonds. The molecule has 0 bridgehead atoms. The van der Waals surface area contributed by atoms with E-state index >= 15 is 0 Å². The Morgan fingerprint density at radius 1 is 1.12 bits per heavy atom. The highest BCUT2D eigenvalue weighted by molar-refractivity contribution is 7.89. The molecule has 2 rings (SSSR count). The van der Waals surface area contributed by atoms with E-state index in [9.17, 15) is 13.2 Å². The van der Waals surface area contributed by atoms with Crippen molar-refractivity contribution in [1.29, 1.82) is 0 Å². The lowest BCUT2D eigenvalue weighted by Gasteiger charge is -2.21. The van der Waals surface area contributed by atoms with Gasteiger partial charge in [0.1, 0.15) is 12.4 Å². The predicted molar refractivity (Wildman–Crippen MR) is 94.0 cm³/mol. The number of methoxy groups -OCH3 is 1. The van der Waals surface area contributed by atoms with E-state index in [1.165, 1.54) is 25.7 Å². The first-order chi connectivity index (χ1) is 12.0. The van der Waals surface area contributed by atoms with Gasteiger partial charge in [-0.15, -0.1) is 0 Å². The summed E-state index contributed by atoms with van der Waals surface area (Å²) in [4.78, 5) is 11.9. The Labute approximate surface area is 149 Å². The summed E-state index contributed by atoms with van der Waals surface area (Å²) in [6, 6.07) is 6.10. The minimum atomic E-state index is -3.60. The van der Waals surface area contributed by atoms with Crippen LogP contribution in [0.1, 0.15) is 32.1 Å². The van der Waals surface area contributed by atoms with Crippen molar-refractivity contribution in [1.82, 2.24) is 10.0 Å². The van der Waals surface area contributed by atoms with Gasteiger partial charge in [-0.05, 0) is 37.1 Å². The summed E-state index contributed by atoms with van der Waals surface area (Å²) in [6.07, 6.45) is 5.73. The predicted octanol–water partition coefficient (Wildman–Crippen LogP) is 1.44. The van der Waals surface area contributed by atoms with E-state index in [-0.39, 0.29) is 36.6 Å². The van der Waals surface area contributed by atoms with E-state index in [1.54, 1.807) is 12.1 Å². The molecule has 0 aliphatic heterocycles. The lowest BCUT2D eigenvalue weighted by Crippen LogP contribution is -2.37. The van der Waals surface area contributed by atoms with Crippen LogP contribution in [-0.4, -0.2) is 47.2 Å². The van der Waals surface area contributed by atoms with Crippen LogP contribution in [0, 0.1) is 0 Å². The van der Waals surface area contributed by atoms with Crippen LogP contribution >= 0.6 is 0 Å². The number of hydrogen-bond acceptors (Lipinski definition) is 5. The Morgan fingerprint density at radius 3 is 2.44 bits per heavy atom. The molecule has 0 spiro atoms. The zero-order chi connectivity index (χ0) is 18.1. The highest BCUT2D eigenvalue weighted by atomic mass is 32.2. The van der Waals surface area contributed by atoms with Gasteiger partial charge >= 0.3 is 0 Å². The topological polar surface area (TPSA) is 93.7 Å². The molecular weight excluding hydrogens is 344 g/mol. The number of hydrogen-bond donors (Lipinski definition) is 2. The zero-order valence-corrected chi connectivity index (χ0v) is 15.3. The van der Waals surface area contributed by atoms with Gasteiger partial charge in [-0.3, -0.25) is 4.79 Å². The minimum Gasteiger partial charge on any atom is -0.497 e. The first-order valence-electron chi connectivity index (χ1n) is 8.53. The molecule has 1 aliphatic carbocycles. The van der Waals surface area contributed by atoms with E-state index in [2.05, 4.69) is 10.0 Å². The number of nitrogens with one attached hydrogen (secondary N) is 2. The summed E-state index contributed by atoms with van der Waals surface area (Å²) < 4.78 is 37.3. The number of carbonyl (C=O) groups is 1. The standard InChI is InChI=1S/C17H26N2O5S/c1-23-14-7-9-16(10-8-14)25(21,22)19-12-11-18-17(20)13-24-15-5-3-2-4-6-15/h7-10,15,19H,2-6,11-13H2,1H3,(H,18,20). The second-order valence-electron chi connectivity index (χ2n) is 5.99. The SMILES string of the molecule is COc1ccc(S(=O)(=O)NCCNC(=O)COC2CCCCC2)cc1. The molecule has 1 aliphatic rings. The lowest BCUT2D eigenvalue weighted by atomic mass is 9.98. The second kappa shape index (κ2) is 9.74. The van der Waals surface area contributed by atoms with Crippen LogP contribution in [0.5, 0.6) is 5.75 Å². The van der Waals surface area contributed by atoms with Crippen molar-refractivity contribution in [2.75, 3.05) is 26.8 Å². The molecule has 1 aromatic rings. The number of benzene rings is 1. The van der Waals surface area contributed by atoms with Gasteiger partial charge in [-0.25, -0.2) is 13.1 Å². The number of ether oxygens (including phenoxy) is 2. The highest BCUT2D eigenvalue weighted by Gasteiger charge is 2.16. The quantitative estimate of drug-likeness (QED) is 0.642. The fourth-order valence-electron chi connectivity index (χ4n) is 2.70. The van der Waals surface area contributed by atoms with Crippen LogP contribution in [0.2, 0.25) is 0 Å². The molecule has 1 aromatic carbocycles. The van der Waals surface area contributed by atoms with E-state index in [0.717, 1.165) is 25.7 Å². The van der Waals surface area contributed by atoms with E-state index in [1.807, 2.05) is 0 Å². The summed E-state index contributed by atoms with van der Waals surface area (Å²) in [7, 11) is -2.08. The monoisotopic (exact) mass is 370 g/mol. The maximum atomic E-state index is 12.1. The lowest BCUT2D eigenvalue weighted by molar-refractivity contribution is -0.128. The Morgan fingerprint density at radius 2 is 1.80 bits per heavy atom. The Balaban J connectivity index is 1.66. The first-order valence-corrected chi connectivity index (χ1v) is 10.0. The number of rotatable bonds is 9. The van der Waals surface area contributed by atoms with Gasteiger partial charge in [0.25, 0.3) is 0 Å². The van der Waals surface area contributed by atoms with Gasteiger partial charge < -0.3 is 14.8 Å². The summed E-state index contributed by atoms with van der Waals surface area (Å²) in [6.45, 7) is 0.349. The molecule has 0 atom stereocenters. The van der Waals surface area contributed by atoms with Crippen molar-refractivity contribution in [3.63, 3.8) is 0 Å². The van der Waals surface area contributed by atoms with Crippen molar-refractivity contribution < 1.29 is 22.7 Å². The van der Waals surface area contributed by atoms with Crippen molar-refractivity contribution in [3.05, 3.63) is 24.3 Å². The number of amides is 1. The van der Waals surface area contributed by atoms with Crippen molar-refractivity contribution >= 4 is 15.9 Å². The minimum absolute atomic E-state index is 0.0237. The largest absolute Gasteiger partial charge is 0.497 e. The van der Waals surface area contributed by atoms with Crippen molar-refractivity contribution in [2.45, 2.75) is 43.1 Å². The fourth-order valence-corrected chi connectivity index (χ4v) is 3.73. The van der Waals surface area contributed by atoms with Gasteiger partial charge in [0.2, 0.25) is 15.9 Å². The Kier molecular flexibility index (Phi) is 7.67. The molecule has 0 heterocycles. The van der Waals surface area contributed by atoms with Gasteiger partial charge in [-0.1, -0.05) is 19.3 Å². The molecule has 2 N–H and O–H groups in total. The van der Waals surface area contributed by atoms with Crippen LogP contribution in [0.25, 0.3) is 0 Å². The molecule has 8 heteroatoms. The molecule has 0 aromatic heterocycles. The normalized spacial score (nSPS) is 15.7. The summed E-state index contributed by atoms with van der Waals surface area (Å²) in [5, 5.41) is 2.65. The van der Waals surface area contributed by atoms with Crippen LogP contribution in [0.15, 0.2) is 29.2 Å². The summed E-state index contributed by atoms with van der Waals surface area (Å²) in [5.74, 6) is 0.360. The molecule has 140 valence electrons. The zero-order valence-electron chi connectivity index (χ0n) is 14.5. The Bertz CT molecular complexity index is 640. The van der Waals surface area contributed by atoms with Crippen LogP contribution in [0.4, 0.5) is 0 Å². The molecule has 7 nitrogen and oxygen atoms in total. The summed E-state index contributed by atoms with van der Waals surface area (Å²) >= 11 is 0. The average molecular weight is 370 g/mol. The molecular formula is C17H26N2O5S. The van der Waals surface area contributed by atoms with Gasteiger partial charge in [-0.2, -0.15) is 0 Å². The maximum Gasteiger partial charge on any atom is 0.246 e. The first kappa shape index (κ1) is 19.7. The molecule has 0 radical (unpaired) electrons. The number of carbonyl (C=O) groups excluding carboxylic acids is 1. The van der Waals surface area contributed by atoms with Gasteiger partial charge in [0.05, 0.1) is 18.1 Å². The van der Waals surface area contributed by atoms with Crippen LogP contribution < -0.4 is 14.8 Å².